The van der Waals surface area contributed by atoms with E-state index in [0.717, 1.165) is 18.0 Å². The van der Waals surface area contributed by atoms with E-state index in [4.69, 9.17) is 5.73 Å². The van der Waals surface area contributed by atoms with Crippen LogP contribution >= 0.6 is 0 Å². The average Bonchev–Trinajstić information content (AvgIpc) is 2.14. The summed E-state index contributed by atoms with van der Waals surface area (Å²) in [5.41, 5.74) is 5.86. The van der Waals surface area contributed by atoms with Gasteiger partial charge in [0.1, 0.15) is 0 Å². The maximum absolute atomic E-state index is 5.86. The van der Waals surface area contributed by atoms with E-state index in [1.54, 1.807) is 0 Å². The number of nitrogens with two attached hydrogens (primary N) is 1. The summed E-state index contributed by atoms with van der Waals surface area (Å²) in [6.45, 7) is 6.04. The predicted molar refractivity (Wildman–Crippen MR) is 60.2 cm³/mol. The van der Waals surface area contributed by atoms with Gasteiger partial charge in [0.2, 0.25) is 0 Å². The zero-order valence-corrected chi connectivity index (χ0v) is 9.58. The number of piperidine rings is 1. The molecule has 1 heterocycles. The Bertz CT molecular complexity index is 187. The molecule has 0 aromatic carbocycles. The Morgan fingerprint density at radius 3 is 2.57 bits per heavy atom. The van der Waals surface area contributed by atoms with E-state index in [-0.39, 0.29) is 0 Å². The van der Waals surface area contributed by atoms with Gasteiger partial charge in [-0.2, -0.15) is 0 Å². The van der Waals surface area contributed by atoms with E-state index in [9.17, 15) is 0 Å². The molecule has 1 aliphatic carbocycles. The van der Waals surface area contributed by atoms with E-state index in [2.05, 4.69) is 18.7 Å². The van der Waals surface area contributed by atoms with Crippen molar-refractivity contribution in [3.05, 3.63) is 0 Å². The van der Waals surface area contributed by atoms with Gasteiger partial charge in [-0.15, -0.1) is 0 Å². The third kappa shape index (κ3) is 1.96. The normalized spacial score (nSPS) is 44.8. The molecule has 0 amide bonds. The van der Waals surface area contributed by atoms with Crippen LogP contribution in [0.5, 0.6) is 0 Å². The average molecular weight is 196 g/mol. The highest BCUT2D eigenvalue weighted by Crippen LogP contribution is 2.32. The Morgan fingerprint density at radius 1 is 1.29 bits per heavy atom. The summed E-state index contributed by atoms with van der Waals surface area (Å²) in [5.74, 6) is 0.947. The van der Waals surface area contributed by atoms with Crippen LogP contribution in [0.3, 0.4) is 0 Å². The molecule has 2 atom stereocenters. The third-order valence-electron chi connectivity index (χ3n) is 4.22. The summed E-state index contributed by atoms with van der Waals surface area (Å²) in [6, 6.07) is 2.11. The van der Waals surface area contributed by atoms with Gasteiger partial charge in [-0.05, 0) is 38.5 Å². The fourth-order valence-electron chi connectivity index (χ4n) is 2.95. The van der Waals surface area contributed by atoms with Crippen LogP contribution in [0.4, 0.5) is 0 Å². The summed E-state index contributed by atoms with van der Waals surface area (Å²) in [6.07, 6.45) is 6.65. The van der Waals surface area contributed by atoms with Gasteiger partial charge in [-0.1, -0.05) is 13.3 Å². The fraction of sp³-hybridized carbons (Fsp3) is 1.00. The molecule has 1 aliphatic heterocycles. The summed E-state index contributed by atoms with van der Waals surface area (Å²) in [5, 5.41) is 0. The highest BCUT2D eigenvalue weighted by molar-refractivity contribution is 4.93. The van der Waals surface area contributed by atoms with Crippen molar-refractivity contribution >= 4 is 0 Å². The first-order valence-electron chi connectivity index (χ1n) is 6.22. The van der Waals surface area contributed by atoms with Crippen molar-refractivity contribution in [3.63, 3.8) is 0 Å². The van der Waals surface area contributed by atoms with E-state index in [1.165, 1.54) is 38.6 Å². The summed E-state index contributed by atoms with van der Waals surface area (Å²) < 4.78 is 0. The number of rotatable bonds is 2. The second-order valence-corrected chi connectivity index (χ2v) is 5.28. The number of hydrogen-bond acceptors (Lipinski definition) is 2. The highest BCUT2D eigenvalue weighted by Gasteiger charge is 2.36. The van der Waals surface area contributed by atoms with E-state index in [0.29, 0.717) is 6.04 Å². The lowest BCUT2D eigenvalue weighted by molar-refractivity contribution is 0.0253. The zero-order chi connectivity index (χ0) is 10.1. The minimum Gasteiger partial charge on any atom is -0.328 e. The topological polar surface area (TPSA) is 29.3 Å². The van der Waals surface area contributed by atoms with Crippen LogP contribution in [0.15, 0.2) is 0 Å². The molecule has 0 bridgehead atoms. The van der Waals surface area contributed by atoms with Gasteiger partial charge < -0.3 is 5.73 Å². The molecule has 1 saturated carbocycles. The maximum atomic E-state index is 5.86. The minimum absolute atomic E-state index is 0.495. The third-order valence-corrected chi connectivity index (χ3v) is 4.22. The Labute approximate surface area is 87.8 Å². The molecule has 0 spiro atoms. The predicted octanol–water partition coefficient (Wildman–Crippen LogP) is 1.99. The summed E-state index contributed by atoms with van der Waals surface area (Å²) in [4.78, 5) is 2.72. The molecule has 0 aromatic heterocycles. The first kappa shape index (κ1) is 10.4. The smallest absolute Gasteiger partial charge is 0.0128 e. The SMILES string of the molecule is CC[C@@H]1CC[C@H](C)N(C2CC(N)C2)C1. The molecule has 2 heteroatoms. The molecular weight excluding hydrogens is 172 g/mol. The van der Waals surface area contributed by atoms with Crippen LogP contribution in [0, 0.1) is 5.92 Å². The molecule has 2 N–H and O–H groups in total. The van der Waals surface area contributed by atoms with Gasteiger partial charge in [0, 0.05) is 24.7 Å². The van der Waals surface area contributed by atoms with Crippen molar-refractivity contribution in [2.24, 2.45) is 11.7 Å². The lowest BCUT2D eigenvalue weighted by Gasteiger charge is -2.48. The highest BCUT2D eigenvalue weighted by atomic mass is 15.2. The van der Waals surface area contributed by atoms with Crippen molar-refractivity contribution in [2.45, 2.75) is 64.1 Å². The largest absolute Gasteiger partial charge is 0.328 e. The van der Waals surface area contributed by atoms with Gasteiger partial charge in [0.15, 0.2) is 0 Å². The van der Waals surface area contributed by atoms with Gasteiger partial charge >= 0.3 is 0 Å². The molecule has 82 valence electrons. The van der Waals surface area contributed by atoms with Crippen LogP contribution in [-0.2, 0) is 0 Å². The van der Waals surface area contributed by atoms with E-state index >= 15 is 0 Å². The number of nitrogens with zero attached hydrogens (tertiary/aromatic N) is 1. The zero-order valence-electron chi connectivity index (χ0n) is 9.58. The molecule has 0 unspecified atom stereocenters. The van der Waals surface area contributed by atoms with E-state index < -0.39 is 0 Å². The molecule has 2 rings (SSSR count). The summed E-state index contributed by atoms with van der Waals surface area (Å²) in [7, 11) is 0. The van der Waals surface area contributed by atoms with Gasteiger partial charge in [0.05, 0.1) is 0 Å². The monoisotopic (exact) mass is 196 g/mol. The lowest BCUT2D eigenvalue weighted by Crippen LogP contribution is -2.56. The van der Waals surface area contributed by atoms with Crippen molar-refractivity contribution in [3.8, 4) is 0 Å². The Balaban J connectivity index is 1.88. The van der Waals surface area contributed by atoms with E-state index in [1.807, 2.05) is 0 Å². The van der Waals surface area contributed by atoms with Crippen LogP contribution in [-0.4, -0.2) is 29.6 Å². The fourth-order valence-corrected chi connectivity index (χ4v) is 2.95. The van der Waals surface area contributed by atoms with Crippen molar-refractivity contribution in [1.82, 2.24) is 4.90 Å². The molecule has 1 saturated heterocycles. The van der Waals surface area contributed by atoms with Crippen LogP contribution in [0.25, 0.3) is 0 Å². The quantitative estimate of drug-likeness (QED) is 0.732. The minimum atomic E-state index is 0.495. The first-order valence-corrected chi connectivity index (χ1v) is 6.22. The first-order chi connectivity index (χ1) is 6.70. The van der Waals surface area contributed by atoms with Crippen molar-refractivity contribution < 1.29 is 0 Å². The Hall–Kier alpha value is -0.0800. The van der Waals surface area contributed by atoms with Gasteiger partial charge in [-0.25, -0.2) is 0 Å². The van der Waals surface area contributed by atoms with Gasteiger partial charge in [0.25, 0.3) is 0 Å². The van der Waals surface area contributed by atoms with Crippen LogP contribution in [0.2, 0.25) is 0 Å². The van der Waals surface area contributed by atoms with Crippen molar-refractivity contribution in [2.75, 3.05) is 6.54 Å². The second kappa shape index (κ2) is 4.19. The van der Waals surface area contributed by atoms with Crippen LogP contribution < -0.4 is 5.73 Å². The maximum Gasteiger partial charge on any atom is 0.0128 e. The molecule has 2 fully saturated rings. The molecule has 14 heavy (non-hydrogen) atoms. The molecule has 2 nitrogen and oxygen atoms in total. The second-order valence-electron chi connectivity index (χ2n) is 5.28. The lowest BCUT2D eigenvalue weighted by atomic mass is 9.82. The Kier molecular flexibility index (Phi) is 3.13. The number of hydrogen-bond donors (Lipinski definition) is 1. The molecule has 2 aliphatic rings. The molecule has 0 radical (unpaired) electrons. The Morgan fingerprint density at radius 2 is 2.00 bits per heavy atom. The van der Waals surface area contributed by atoms with Gasteiger partial charge in [-0.3, -0.25) is 4.90 Å². The summed E-state index contributed by atoms with van der Waals surface area (Å²) >= 11 is 0. The molecule has 0 aromatic rings. The number of likely N-dealkylation sites (tertiary alicyclic amines) is 1. The van der Waals surface area contributed by atoms with Crippen LogP contribution in [0.1, 0.15) is 46.0 Å². The van der Waals surface area contributed by atoms with Crippen molar-refractivity contribution in [1.29, 1.82) is 0 Å². The molecular formula is C12H24N2. The standard InChI is InChI=1S/C12H24N2/c1-3-10-5-4-9(2)14(8-10)12-6-11(13)7-12/h9-12H,3-8,13H2,1-2H3/t9-,10+,11?,12?/m0/s1.